The van der Waals surface area contributed by atoms with Gasteiger partial charge in [0.25, 0.3) is 0 Å². The minimum atomic E-state index is -3.57. The van der Waals surface area contributed by atoms with Crippen molar-refractivity contribution in [3.63, 3.8) is 0 Å². The number of nitrogen functional groups attached to an aromatic ring is 1. The first-order valence-electron chi connectivity index (χ1n) is 5.75. The smallest absolute Gasteiger partial charge is 0.243 e. The molecule has 19 heavy (non-hydrogen) atoms. The number of nitrogens with two attached hydrogens (primary N) is 1. The van der Waals surface area contributed by atoms with E-state index in [9.17, 15) is 8.42 Å². The van der Waals surface area contributed by atoms with Crippen molar-refractivity contribution in [2.24, 2.45) is 0 Å². The first kappa shape index (κ1) is 15.2. The molecule has 5 nitrogen and oxygen atoms in total. The monoisotopic (exact) mass is 411 g/mol. The van der Waals surface area contributed by atoms with E-state index in [-0.39, 0.29) is 10.9 Å². The number of hydrogen-bond acceptors (Lipinski definition) is 4. The molecule has 1 saturated heterocycles. The van der Waals surface area contributed by atoms with Crippen molar-refractivity contribution in [3.05, 3.63) is 21.1 Å². The zero-order valence-corrected chi connectivity index (χ0v) is 14.3. The number of rotatable bonds is 3. The maximum absolute atomic E-state index is 12.4. The van der Waals surface area contributed by atoms with Gasteiger partial charge in [0.05, 0.1) is 0 Å². The second-order valence-electron chi connectivity index (χ2n) is 4.68. The van der Waals surface area contributed by atoms with Gasteiger partial charge in [0, 0.05) is 27.2 Å². The average Bonchev–Trinajstić information content (AvgIpc) is 2.60. The Balaban J connectivity index is 2.30. The summed E-state index contributed by atoms with van der Waals surface area (Å²) in [5.41, 5.74) is 6.17. The normalized spacial score (nSPS) is 20.9. The lowest BCUT2D eigenvalue weighted by molar-refractivity contribution is 0.407. The first-order chi connectivity index (χ1) is 8.79. The lowest BCUT2D eigenvalue weighted by Gasteiger charge is -2.15. The highest BCUT2D eigenvalue weighted by Crippen LogP contribution is 2.32. The third-order valence-electron chi connectivity index (χ3n) is 3.00. The third kappa shape index (κ3) is 3.49. The Morgan fingerprint density at radius 3 is 2.42 bits per heavy atom. The standard InChI is InChI=1S/C11H15Br2N3O2S/c1-16-3-2-8(6-16)15-19(17,18)11-9(12)4-7(14)5-10(11)13/h4-5,8,15H,2-3,6,14H2,1H3. The third-order valence-corrected chi connectivity index (χ3v) is 6.40. The molecule has 3 N–H and O–H groups in total. The van der Waals surface area contributed by atoms with E-state index in [1.165, 1.54) is 0 Å². The molecule has 1 unspecified atom stereocenters. The molecule has 0 radical (unpaired) electrons. The number of anilines is 1. The fraction of sp³-hybridized carbons (Fsp3) is 0.455. The maximum atomic E-state index is 12.4. The van der Waals surface area contributed by atoms with Crippen LogP contribution in [-0.4, -0.2) is 39.5 Å². The van der Waals surface area contributed by atoms with Crippen LogP contribution >= 0.6 is 31.9 Å². The summed E-state index contributed by atoms with van der Waals surface area (Å²) in [5, 5.41) is 0. The molecule has 1 aliphatic rings. The van der Waals surface area contributed by atoms with Gasteiger partial charge in [0.15, 0.2) is 0 Å². The van der Waals surface area contributed by atoms with Crippen LogP contribution in [0.1, 0.15) is 6.42 Å². The molecule has 0 saturated carbocycles. The second-order valence-corrected chi connectivity index (χ2v) is 8.04. The summed E-state index contributed by atoms with van der Waals surface area (Å²) in [6.07, 6.45) is 0.819. The van der Waals surface area contributed by atoms with Gasteiger partial charge in [0.1, 0.15) is 4.90 Å². The van der Waals surface area contributed by atoms with Gasteiger partial charge >= 0.3 is 0 Å². The zero-order valence-electron chi connectivity index (χ0n) is 10.4. The highest BCUT2D eigenvalue weighted by Gasteiger charge is 2.28. The summed E-state index contributed by atoms with van der Waals surface area (Å²) >= 11 is 6.51. The number of likely N-dealkylation sites (N-methyl/N-ethyl adjacent to an activating group) is 1. The fourth-order valence-electron chi connectivity index (χ4n) is 2.15. The van der Waals surface area contributed by atoms with E-state index in [2.05, 4.69) is 41.5 Å². The van der Waals surface area contributed by atoms with E-state index in [1.807, 2.05) is 7.05 Å². The van der Waals surface area contributed by atoms with Gasteiger partial charge in [-0.05, 0) is 64.0 Å². The Labute approximate surface area is 129 Å². The maximum Gasteiger partial charge on any atom is 0.243 e. The molecule has 0 spiro atoms. The summed E-state index contributed by atoms with van der Waals surface area (Å²) in [6.45, 7) is 1.63. The number of sulfonamides is 1. The molecule has 2 rings (SSSR count). The molecular formula is C11H15Br2N3O2S. The van der Waals surface area contributed by atoms with Gasteiger partial charge in [-0.1, -0.05) is 0 Å². The van der Waals surface area contributed by atoms with Crippen molar-refractivity contribution in [1.29, 1.82) is 0 Å². The van der Waals surface area contributed by atoms with Crippen molar-refractivity contribution in [2.75, 3.05) is 25.9 Å². The molecule has 1 atom stereocenters. The highest BCUT2D eigenvalue weighted by atomic mass is 79.9. The van der Waals surface area contributed by atoms with Crippen molar-refractivity contribution < 1.29 is 8.42 Å². The summed E-state index contributed by atoms with van der Waals surface area (Å²) in [6, 6.07) is 3.12. The largest absolute Gasteiger partial charge is 0.399 e. The lowest BCUT2D eigenvalue weighted by Crippen LogP contribution is -2.36. The van der Waals surface area contributed by atoms with Crippen molar-refractivity contribution >= 4 is 47.6 Å². The minimum Gasteiger partial charge on any atom is -0.399 e. The minimum absolute atomic E-state index is 0.0497. The number of hydrogen-bond donors (Lipinski definition) is 2. The molecule has 1 fully saturated rings. The topological polar surface area (TPSA) is 75.4 Å². The van der Waals surface area contributed by atoms with E-state index >= 15 is 0 Å². The van der Waals surface area contributed by atoms with Crippen LogP contribution in [-0.2, 0) is 10.0 Å². The molecular weight excluding hydrogens is 398 g/mol. The van der Waals surface area contributed by atoms with Gasteiger partial charge in [-0.3, -0.25) is 0 Å². The number of nitrogens with zero attached hydrogens (tertiary/aromatic N) is 1. The van der Waals surface area contributed by atoms with Gasteiger partial charge in [-0.15, -0.1) is 0 Å². The van der Waals surface area contributed by atoms with Crippen LogP contribution in [0, 0.1) is 0 Å². The number of nitrogens with one attached hydrogen (secondary N) is 1. The molecule has 8 heteroatoms. The SMILES string of the molecule is CN1CCC(NS(=O)(=O)c2c(Br)cc(N)cc2Br)C1. The molecule has 1 aromatic carbocycles. The van der Waals surface area contributed by atoms with E-state index in [4.69, 9.17) is 5.73 Å². The van der Waals surface area contributed by atoms with E-state index in [0.717, 1.165) is 19.5 Å². The molecule has 0 aromatic heterocycles. The van der Waals surface area contributed by atoms with Crippen LogP contribution in [0.15, 0.2) is 26.0 Å². The first-order valence-corrected chi connectivity index (χ1v) is 8.82. The van der Waals surface area contributed by atoms with Crippen LogP contribution < -0.4 is 10.5 Å². The summed E-state index contributed by atoms with van der Waals surface area (Å²) in [5.74, 6) is 0. The Morgan fingerprint density at radius 1 is 1.37 bits per heavy atom. The number of likely N-dealkylation sites (tertiary alicyclic amines) is 1. The van der Waals surface area contributed by atoms with Crippen LogP contribution in [0.4, 0.5) is 5.69 Å². The second kappa shape index (κ2) is 5.69. The quantitative estimate of drug-likeness (QED) is 0.742. The van der Waals surface area contributed by atoms with E-state index in [1.54, 1.807) is 12.1 Å². The van der Waals surface area contributed by atoms with Gasteiger partial charge < -0.3 is 10.6 Å². The predicted octanol–water partition coefficient (Wildman–Crippen LogP) is 1.78. The van der Waals surface area contributed by atoms with Crippen LogP contribution in [0.25, 0.3) is 0 Å². The van der Waals surface area contributed by atoms with E-state index < -0.39 is 10.0 Å². The molecule has 0 aliphatic carbocycles. The van der Waals surface area contributed by atoms with Crippen LogP contribution in [0.2, 0.25) is 0 Å². The number of benzene rings is 1. The Morgan fingerprint density at radius 2 is 1.95 bits per heavy atom. The Bertz CT molecular complexity index is 569. The van der Waals surface area contributed by atoms with Gasteiger partial charge in [-0.25, -0.2) is 13.1 Å². The van der Waals surface area contributed by atoms with Crippen LogP contribution in [0.5, 0.6) is 0 Å². The van der Waals surface area contributed by atoms with Crippen molar-refractivity contribution in [2.45, 2.75) is 17.4 Å². The Kier molecular flexibility index (Phi) is 4.56. The molecule has 106 valence electrons. The molecule has 1 aliphatic heterocycles. The molecule has 1 heterocycles. The summed E-state index contributed by atoms with van der Waals surface area (Å²) in [7, 11) is -1.60. The molecule has 0 bridgehead atoms. The Hall–Kier alpha value is -0.150. The summed E-state index contributed by atoms with van der Waals surface area (Å²) < 4.78 is 28.5. The van der Waals surface area contributed by atoms with Gasteiger partial charge in [-0.2, -0.15) is 0 Å². The predicted molar refractivity (Wildman–Crippen MR) is 82.5 cm³/mol. The lowest BCUT2D eigenvalue weighted by atomic mass is 10.3. The average molecular weight is 413 g/mol. The highest BCUT2D eigenvalue weighted by molar-refractivity contribution is 9.11. The molecule has 0 amide bonds. The van der Waals surface area contributed by atoms with Crippen molar-refractivity contribution in [1.82, 2.24) is 9.62 Å². The summed E-state index contributed by atoms with van der Waals surface area (Å²) in [4.78, 5) is 2.29. The van der Waals surface area contributed by atoms with Gasteiger partial charge in [0.2, 0.25) is 10.0 Å². The fourth-order valence-corrected chi connectivity index (χ4v) is 6.03. The van der Waals surface area contributed by atoms with Crippen molar-refractivity contribution in [3.8, 4) is 0 Å². The van der Waals surface area contributed by atoms with E-state index in [0.29, 0.717) is 14.6 Å². The zero-order chi connectivity index (χ0) is 14.2. The number of halogens is 2. The molecule has 1 aromatic rings. The van der Waals surface area contributed by atoms with Crippen LogP contribution in [0.3, 0.4) is 0 Å².